The molecule has 2 aromatic carbocycles. The second-order valence-corrected chi connectivity index (χ2v) is 6.58. The van der Waals surface area contributed by atoms with Crippen LogP contribution in [0.4, 0.5) is 0 Å². The first-order chi connectivity index (χ1) is 9.59. The van der Waals surface area contributed by atoms with Gasteiger partial charge in [0, 0.05) is 22.1 Å². The summed E-state index contributed by atoms with van der Waals surface area (Å²) >= 11 is 8.16. The van der Waals surface area contributed by atoms with Gasteiger partial charge in [0.25, 0.3) is 0 Å². The number of halogens is 1. The molecule has 1 nitrogen and oxygen atoms in total. The van der Waals surface area contributed by atoms with Crippen LogP contribution in [0.3, 0.4) is 0 Å². The lowest BCUT2D eigenvalue weighted by molar-refractivity contribution is 0.721. The van der Waals surface area contributed by atoms with Gasteiger partial charge in [-0.2, -0.15) is 0 Å². The molecular formula is C17H20ClNS. The minimum absolute atomic E-state index is 0.0592. The molecule has 0 heterocycles. The Hall–Kier alpha value is -0.960. The van der Waals surface area contributed by atoms with Gasteiger partial charge in [-0.3, -0.25) is 0 Å². The number of aryl methyl sites for hydroxylation is 1. The molecule has 0 bridgehead atoms. The minimum atomic E-state index is 0.0592. The summed E-state index contributed by atoms with van der Waals surface area (Å²) in [5, 5.41) is 1.01. The molecule has 2 aromatic rings. The molecule has 20 heavy (non-hydrogen) atoms. The zero-order valence-corrected chi connectivity index (χ0v) is 13.4. The van der Waals surface area contributed by atoms with Crippen molar-refractivity contribution in [3.8, 4) is 0 Å². The van der Waals surface area contributed by atoms with Crippen LogP contribution in [-0.2, 0) is 5.75 Å². The fourth-order valence-electron chi connectivity index (χ4n) is 2.18. The highest BCUT2D eigenvalue weighted by molar-refractivity contribution is 7.98. The molecule has 3 heteroatoms. The van der Waals surface area contributed by atoms with Gasteiger partial charge in [0.15, 0.2) is 0 Å². The van der Waals surface area contributed by atoms with Gasteiger partial charge in [0.05, 0.1) is 0 Å². The molecule has 0 saturated heterocycles. The Morgan fingerprint density at radius 3 is 2.40 bits per heavy atom. The van der Waals surface area contributed by atoms with E-state index in [-0.39, 0.29) is 11.3 Å². The van der Waals surface area contributed by atoms with Crippen molar-refractivity contribution in [3.05, 3.63) is 70.2 Å². The summed E-state index contributed by atoms with van der Waals surface area (Å²) in [5.41, 5.74) is 9.97. The van der Waals surface area contributed by atoms with E-state index in [9.17, 15) is 0 Å². The Morgan fingerprint density at radius 1 is 1.10 bits per heavy atom. The highest BCUT2D eigenvalue weighted by Gasteiger charge is 2.19. The van der Waals surface area contributed by atoms with Crippen molar-refractivity contribution in [2.45, 2.75) is 30.9 Å². The summed E-state index contributed by atoms with van der Waals surface area (Å²) in [4.78, 5) is 0. The summed E-state index contributed by atoms with van der Waals surface area (Å²) < 4.78 is 0. The number of nitrogens with two attached hydrogens (primary N) is 1. The number of benzene rings is 2. The summed E-state index contributed by atoms with van der Waals surface area (Å²) in [6, 6.07) is 16.5. The summed E-state index contributed by atoms with van der Waals surface area (Å²) in [5.74, 6) is 0.949. The van der Waals surface area contributed by atoms with Gasteiger partial charge in [-0.1, -0.05) is 54.1 Å². The Balaban J connectivity index is 2.15. The molecule has 2 atom stereocenters. The summed E-state index contributed by atoms with van der Waals surface area (Å²) in [7, 11) is 0. The van der Waals surface area contributed by atoms with Crippen molar-refractivity contribution in [1.82, 2.24) is 0 Å². The number of rotatable bonds is 5. The van der Waals surface area contributed by atoms with Crippen LogP contribution in [0.25, 0.3) is 0 Å². The molecule has 0 aromatic heterocycles. The lowest BCUT2D eigenvalue weighted by Crippen LogP contribution is -2.23. The van der Waals surface area contributed by atoms with Crippen LogP contribution < -0.4 is 5.73 Å². The molecule has 0 saturated carbocycles. The second kappa shape index (κ2) is 7.16. The third-order valence-electron chi connectivity index (χ3n) is 3.37. The SMILES string of the molecule is Cc1ccccc1CSC(c1ccccc1Cl)C(C)N. The van der Waals surface area contributed by atoms with Gasteiger partial charge in [0.1, 0.15) is 0 Å². The molecule has 0 radical (unpaired) electrons. The third kappa shape index (κ3) is 3.78. The monoisotopic (exact) mass is 305 g/mol. The van der Waals surface area contributed by atoms with E-state index in [0.717, 1.165) is 16.3 Å². The van der Waals surface area contributed by atoms with Crippen LogP contribution >= 0.6 is 23.4 Å². The van der Waals surface area contributed by atoms with Crippen molar-refractivity contribution in [2.75, 3.05) is 0 Å². The van der Waals surface area contributed by atoms with Gasteiger partial charge < -0.3 is 5.73 Å². The van der Waals surface area contributed by atoms with Gasteiger partial charge in [-0.25, -0.2) is 0 Å². The molecule has 0 fully saturated rings. The van der Waals surface area contributed by atoms with E-state index in [4.69, 9.17) is 17.3 Å². The zero-order chi connectivity index (χ0) is 14.5. The Bertz CT molecular complexity index is 568. The maximum Gasteiger partial charge on any atom is 0.0463 e. The molecule has 0 spiro atoms. The van der Waals surface area contributed by atoms with Crippen LogP contribution in [0, 0.1) is 6.92 Å². The highest BCUT2D eigenvalue weighted by atomic mass is 35.5. The highest BCUT2D eigenvalue weighted by Crippen LogP contribution is 2.37. The van der Waals surface area contributed by atoms with E-state index in [0.29, 0.717) is 0 Å². The van der Waals surface area contributed by atoms with Gasteiger partial charge in [-0.05, 0) is 36.6 Å². The van der Waals surface area contributed by atoms with Crippen LogP contribution in [0.15, 0.2) is 48.5 Å². The second-order valence-electron chi connectivity index (χ2n) is 5.04. The molecule has 2 unspecified atom stereocenters. The summed E-state index contributed by atoms with van der Waals surface area (Å²) in [6.07, 6.45) is 0. The average Bonchev–Trinajstić information content (AvgIpc) is 2.42. The van der Waals surface area contributed by atoms with Crippen LogP contribution in [0.2, 0.25) is 5.02 Å². The Labute approximate surface area is 130 Å². The molecule has 0 aliphatic rings. The number of thioether (sulfide) groups is 1. The van der Waals surface area contributed by atoms with E-state index < -0.39 is 0 Å². The predicted molar refractivity (Wildman–Crippen MR) is 90.3 cm³/mol. The van der Waals surface area contributed by atoms with Gasteiger partial charge >= 0.3 is 0 Å². The Morgan fingerprint density at radius 2 is 1.75 bits per heavy atom. The molecular weight excluding hydrogens is 286 g/mol. The van der Waals surface area contributed by atoms with Crippen molar-refractivity contribution < 1.29 is 0 Å². The largest absolute Gasteiger partial charge is 0.327 e. The predicted octanol–water partition coefficient (Wildman–Crippen LogP) is 4.97. The first-order valence-electron chi connectivity index (χ1n) is 6.75. The zero-order valence-electron chi connectivity index (χ0n) is 11.8. The minimum Gasteiger partial charge on any atom is -0.327 e. The fraction of sp³-hybridized carbons (Fsp3) is 0.294. The normalized spacial score (nSPS) is 14.0. The van der Waals surface area contributed by atoms with Crippen LogP contribution in [0.1, 0.15) is 28.9 Å². The van der Waals surface area contributed by atoms with Crippen molar-refractivity contribution in [2.24, 2.45) is 5.73 Å². The summed E-state index contributed by atoms with van der Waals surface area (Å²) in [6.45, 7) is 4.19. The Kier molecular flexibility index (Phi) is 5.53. The van der Waals surface area contributed by atoms with Crippen molar-refractivity contribution in [3.63, 3.8) is 0 Å². The molecule has 2 rings (SSSR count). The maximum atomic E-state index is 6.31. The van der Waals surface area contributed by atoms with Gasteiger partial charge in [0.2, 0.25) is 0 Å². The van der Waals surface area contributed by atoms with Crippen molar-refractivity contribution in [1.29, 1.82) is 0 Å². The number of hydrogen-bond donors (Lipinski definition) is 1. The average molecular weight is 306 g/mol. The lowest BCUT2D eigenvalue weighted by Gasteiger charge is -2.22. The van der Waals surface area contributed by atoms with E-state index >= 15 is 0 Å². The smallest absolute Gasteiger partial charge is 0.0463 e. The maximum absolute atomic E-state index is 6.31. The molecule has 0 aliphatic carbocycles. The van der Waals surface area contributed by atoms with E-state index in [1.165, 1.54) is 11.1 Å². The molecule has 106 valence electrons. The molecule has 2 N–H and O–H groups in total. The van der Waals surface area contributed by atoms with Crippen molar-refractivity contribution >= 4 is 23.4 Å². The van der Waals surface area contributed by atoms with E-state index in [1.807, 2.05) is 36.9 Å². The van der Waals surface area contributed by atoms with E-state index in [2.05, 4.69) is 37.3 Å². The number of hydrogen-bond acceptors (Lipinski definition) is 2. The molecule has 0 amide bonds. The van der Waals surface area contributed by atoms with E-state index in [1.54, 1.807) is 0 Å². The lowest BCUT2D eigenvalue weighted by atomic mass is 10.1. The quantitative estimate of drug-likeness (QED) is 0.844. The standard InChI is InChI=1S/C17H20ClNS/c1-12-7-3-4-8-14(12)11-20-17(13(2)19)15-9-5-6-10-16(15)18/h3-10,13,17H,11,19H2,1-2H3. The first-order valence-corrected chi connectivity index (χ1v) is 8.18. The first kappa shape index (κ1) is 15.4. The van der Waals surface area contributed by atoms with Crippen LogP contribution in [0.5, 0.6) is 0 Å². The van der Waals surface area contributed by atoms with Gasteiger partial charge in [-0.15, -0.1) is 11.8 Å². The fourth-order valence-corrected chi connectivity index (χ4v) is 3.87. The topological polar surface area (TPSA) is 26.0 Å². The third-order valence-corrected chi connectivity index (χ3v) is 5.23. The molecule has 0 aliphatic heterocycles. The van der Waals surface area contributed by atoms with Crippen LogP contribution in [-0.4, -0.2) is 6.04 Å².